The monoisotopic (exact) mass is 396 g/mol. The van der Waals surface area contributed by atoms with Crippen molar-refractivity contribution < 1.29 is 9.90 Å². The highest BCUT2D eigenvalue weighted by Crippen LogP contribution is 2.44. The van der Waals surface area contributed by atoms with E-state index in [9.17, 15) is 9.90 Å². The number of benzene rings is 1. The third-order valence-corrected chi connectivity index (χ3v) is 5.31. The summed E-state index contributed by atoms with van der Waals surface area (Å²) in [6.07, 6.45) is 2.37. The molecule has 0 bridgehead atoms. The summed E-state index contributed by atoms with van der Waals surface area (Å²) < 4.78 is 0. The highest BCUT2D eigenvalue weighted by Gasteiger charge is 2.45. The molecule has 0 radical (unpaired) electrons. The first-order chi connectivity index (χ1) is 13.4. The fourth-order valence-electron chi connectivity index (χ4n) is 3.49. The average Bonchev–Trinajstić information content (AvgIpc) is 2.52. The summed E-state index contributed by atoms with van der Waals surface area (Å²) in [6.45, 7) is 12.7. The maximum absolute atomic E-state index is 11.7. The van der Waals surface area contributed by atoms with Crippen molar-refractivity contribution in [2.24, 2.45) is 0 Å². The lowest BCUT2D eigenvalue weighted by molar-refractivity contribution is -0.147. The summed E-state index contributed by atoms with van der Waals surface area (Å²) in [5.41, 5.74) is 1.69. The number of hydrogen-bond donors (Lipinski definition) is 3. The minimum Gasteiger partial charge on any atom is -0.481 e. The van der Waals surface area contributed by atoms with Gasteiger partial charge in [0.25, 0.3) is 0 Å². The second-order valence-corrected chi connectivity index (χ2v) is 10.0. The molecule has 156 valence electrons. The van der Waals surface area contributed by atoms with Gasteiger partial charge in [0, 0.05) is 22.7 Å². The number of carboxylic acids is 1. The van der Waals surface area contributed by atoms with E-state index in [2.05, 4.69) is 57.2 Å². The molecule has 0 aliphatic heterocycles. The van der Waals surface area contributed by atoms with E-state index in [1.807, 2.05) is 30.3 Å². The van der Waals surface area contributed by atoms with Gasteiger partial charge in [-0.25, -0.2) is 4.98 Å². The molecule has 3 N–H and O–H groups in total. The second-order valence-electron chi connectivity index (χ2n) is 10.0. The van der Waals surface area contributed by atoms with Gasteiger partial charge in [-0.3, -0.25) is 4.79 Å². The molecule has 1 aliphatic rings. The van der Waals surface area contributed by atoms with Gasteiger partial charge in [-0.2, -0.15) is 4.98 Å². The third kappa shape index (κ3) is 4.69. The second kappa shape index (κ2) is 7.32. The number of nitrogens with zero attached hydrogens (tertiary/aromatic N) is 2. The van der Waals surface area contributed by atoms with E-state index in [1.54, 1.807) is 0 Å². The molecule has 0 spiro atoms. The number of hydrogen-bond acceptors (Lipinski definition) is 5. The van der Waals surface area contributed by atoms with Crippen molar-refractivity contribution in [1.82, 2.24) is 9.97 Å². The first-order valence-corrected chi connectivity index (χ1v) is 10.2. The molecule has 1 saturated carbocycles. The summed E-state index contributed by atoms with van der Waals surface area (Å²) in [5.74, 6) is 0.563. The van der Waals surface area contributed by atoms with Crippen molar-refractivity contribution >= 4 is 23.4 Å². The zero-order chi connectivity index (χ0) is 21.4. The van der Waals surface area contributed by atoms with Crippen LogP contribution in [0.1, 0.15) is 72.1 Å². The van der Waals surface area contributed by atoms with E-state index in [-0.39, 0.29) is 11.0 Å². The van der Waals surface area contributed by atoms with Crippen LogP contribution in [0.25, 0.3) is 0 Å². The standard InChI is InChI=1S/C23H32N4O2/c1-21(2,3)17-14-18(27-22(4,5)6)26-20(25-17)24-16-10-8-15(9-11-16)23(19(28)29)12-7-13-23/h8-11,14H,7,12-13H2,1-6H3,(H,28,29)(H2,24,25,26,27). The van der Waals surface area contributed by atoms with Crippen LogP contribution in [-0.4, -0.2) is 26.6 Å². The van der Waals surface area contributed by atoms with E-state index in [0.717, 1.165) is 29.2 Å². The Bertz CT molecular complexity index is 889. The minimum absolute atomic E-state index is 0.115. The van der Waals surface area contributed by atoms with E-state index in [4.69, 9.17) is 4.98 Å². The van der Waals surface area contributed by atoms with Crippen LogP contribution in [0.4, 0.5) is 17.5 Å². The molecule has 6 nitrogen and oxygen atoms in total. The number of anilines is 3. The lowest BCUT2D eigenvalue weighted by Gasteiger charge is -2.38. The first-order valence-electron chi connectivity index (χ1n) is 10.2. The summed E-state index contributed by atoms with van der Waals surface area (Å²) in [6, 6.07) is 9.60. The van der Waals surface area contributed by atoms with Crippen molar-refractivity contribution in [1.29, 1.82) is 0 Å². The smallest absolute Gasteiger partial charge is 0.314 e. The molecule has 1 fully saturated rings. The number of carboxylic acid groups (broad SMARTS) is 1. The molecule has 0 atom stereocenters. The van der Waals surface area contributed by atoms with Crippen molar-refractivity contribution in [3.8, 4) is 0 Å². The van der Waals surface area contributed by atoms with Crippen LogP contribution in [0, 0.1) is 0 Å². The first kappa shape index (κ1) is 21.1. The highest BCUT2D eigenvalue weighted by atomic mass is 16.4. The van der Waals surface area contributed by atoms with Gasteiger partial charge in [0.1, 0.15) is 5.82 Å². The summed E-state index contributed by atoms with van der Waals surface area (Å²) in [5, 5.41) is 16.3. The Balaban J connectivity index is 1.87. The normalized spacial score (nSPS) is 16.1. The van der Waals surface area contributed by atoms with Crippen molar-refractivity contribution in [3.63, 3.8) is 0 Å². The molecule has 0 amide bonds. The Kier molecular flexibility index (Phi) is 5.32. The Morgan fingerprint density at radius 3 is 2.10 bits per heavy atom. The number of aromatic nitrogens is 2. The van der Waals surface area contributed by atoms with Gasteiger partial charge in [-0.15, -0.1) is 0 Å². The summed E-state index contributed by atoms with van der Waals surface area (Å²) >= 11 is 0. The predicted octanol–water partition coefficient (Wildman–Crippen LogP) is 5.23. The lowest BCUT2D eigenvalue weighted by atomic mass is 9.64. The van der Waals surface area contributed by atoms with Crippen molar-refractivity contribution in [2.75, 3.05) is 10.6 Å². The highest BCUT2D eigenvalue weighted by molar-refractivity contribution is 5.82. The minimum atomic E-state index is -0.733. The lowest BCUT2D eigenvalue weighted by Crippen LogP contribution is -2.42. The van der Waals surface area contributed by atoms with Crippen LogP contribution in [0.15, 0.2) is 30.3 Å². The van der Waals surface area contributed by atoms with Crippen LogP contribution in [0.3, 0.4) is 0 Å². The molecule has 1 aromatic carbocycles. The largest absolute Gasteiger partial charge is 0.481 e. The van der Waals surface area contributed by atoms with Crippen molar-refractivity contribution in [2.45, 2.75) is 77.2 Å². The summed E-state index contributed by atoms with van der Waals surface area (Å²) in [7, 11) is 0. The van der Waals surface area contributed by atoms with E-state index in [0.29, 0.717) is 18.8 Å². The number of carbonyl (C=O) groups is 1. The van der Waals surface area contributed by atoms with Gasteiger partial charge in [0.05, 0.1) is 11.1 Å². The maximum Gasteiger partial charge on any atom is 0.314 e. The van der Waals surface area contributed by atoms with Gasteiger partial charge in [0.15, 0.2) is 0 Å². The quantitative estimate of drug-likeness (QED) is 0.641. The zero-order valence-corrected chi connectivity index (χ0v) is 18.3. The van der Waals surface area contributed by atoms with Crippen LogP contribution in [0.5, 0.6) is 0 Å². The molecule has 0 unspecified atom stereocenters. The molecule has 0 saturated heterocycles. The molecular weight excluding hydrogens is 364 g/mol. The number of aliphatic carboxylic acids is 1. The molecule has 6 heteroatoms. The topological polar surface area (TPSA) is 87.1 Å². The van der Waals surface area contributed by atoms with Gasteiger partial charge in [-0.05, 0) is 51.3 Å². The number of nitrogens with one attached hydrogen (secondary N) is 2. The predicted molar refractivity (Wildman–Crippen MR) is 117 cm³/mol. The Morgan fingerprint density at radius 2 is 1.66 bits per heavy atom. The molecule has 2 aromatic rings. The van der Waals surface area contributed by atoms with Crippen molar-refractivity contribution in [3.05, 3.63) is 41.6 Å². The fraction of sp³-hybridized carbons (Fsp3) is 0.522. The number of rotatable bonds is 5. The zero-order valence-electron chi connectivity index (χ0n) is 18.3. The molecular formula is C23H32N4O2. The molecule has 1 heterocycles. The van der Waals surface area contributed by atoms with Crippen LogP contribution < -0.4 is 10.6 Å². The Hall–Kier alpha value is -2.63. The van der Waals surface area contributed by atoms with Gasteiger partial charge < -0.3 is 15.7 Å². The molecule has 29 heavy (non-hydrogen) atoms. The van der Waals surface area contributed by atoms with E-state index < -0.39 is 11.4 Å². The average molecular weight is 397 g/mol. The van der Waals surface area contributed by atoms with Crippen LogP contribution >= 0.6 is 0 Å². The fourth-order valence-corrected chi connectivity index (χ4v) is 3.49. The molecule has 1 aromatic heterocycles. The third-order valence-electron chi connectivity index (χ3n) is 5.31. The Labute approximate surface area is 173 Å². The maximum atomic E-state index is 11.7. The van der Waals surface area contributed by atoms with E-state index >= 15 is 0 Å². The Morgan fingerprint density at radius 1 is 1.03 bits per heavy atom. The summed E-state index contributed by atoms with van der Waals surface area (Å²) in [4.78, 5) is 21.0. The van der Waals surface area contributed by atoms with Crippen LogP contribution in [-0.2, 0) is 15.6 Å². The van der Waals surface area contributed by atoms with E-state index in [1.165, 1.54) is 0 Å². The molecule has 1 aliphatic carbocycles. The van der Waals surface area contributed by atoms with Gasteiger partial charge >= 0.3 is 5.97 Å². The van der Waals surface area contributed by atoms with Gasteiger partial charge in [0.2, 0.25) is 5.95 Å². The van der Waals surface area contributed by atoms with Crippen LogP contribution in [0.2, 0.25) is 0 Å². The SMILES string of the molecule is CC(C)(C)Nc1cc(C(C)(C)C)nc(Nc2ccc(C3(C(=O)O)CCC3)cc2)n1. The molecule has 3 rings (SSSR count). The van der Waals surface area contributed by atoms with Gasteiger partial charge in [-0.1, -0.05) is 39.3 Å².